The molecule has 0 saturated carbocycles. The van der Waals surface area contributed by atoms with Crippen LogP contribution in [0.4, 0.5) is 4.79 Å². The van der Waals surface area contributed by atoms with Crippen LogP contribution >= 0.6 is 0 Å². The Balaban J connectivity index is 1.74. The number of benzene rings is 2. The molecule has 3 heteroatoms. The van der Waals surface area contributed by atoms with Gasteiger partial charge in [-0.3, -0.25) is 0 Å². The van der Waals surface area contributed by atoms with Gasteiger partial charge in [0.15, 0.2) is 0 Å². The van der Waals surface area contributed by atoms with Crippen molar-refractivity contribution in [3.8, 4) is 0 Å². The summed E-state index contributed by atoms with van der Waals surface area (Å²) in [5.41, 5.74) is 2.35. The molecule has 0 bridgehead atoms. The van der Waals surface area contributed by atoms with Crippen molar-refractivity contribution in [3.63, 3.8) is 0 Å². The highest BCUT2D eigenvalue weighted by atomic mass is 16.2. The third-order valence-corrected chi connectivity index (χ3v) is 4.76. The molecule has 2 aromatic rings. The van der Waals surface area contributed by atoms with E-state index in [1.165, 1.54) is 11.1 Å². The van der Waals surface area contributed by atoms with Gasteiger partial charge in [-0.1, -0.05) is 67.6 Å². The molecule has 1 aliphatic rings. The summed E-state index contributed by atoms with van der Waals surface area (Å²) in [5, 5.41) is 0. The van der Waals surface area contributed by atoms with Gasteiger partial charge in [-0.2, -0.15) is 0 Å². The van der Waals surface area contributed by atoms with Crippen molar-refractivity contribution in [2.75, 3.05) is 13.1 Å². The van der Waals surface area contributed by atoms with Gasteiger partial charge in [0.2, 0.25) is 0 Å². The van der Waals surface area contributed by atoms with E-state index in [-0.39, 0.29) is 6.03 Å². The third kappa shape index (κ3) is 4.38. The number of likely N-dealkylation sites (tertiary alicyclic amines) is 1. The van der Waals surface area contributed by atoms with Gasteiger partial charge in [0.1, 0.15) is 0 Å². The molecule has 1 fully saturated rings. The summed E-state index contributed by atoms with van der Waals surface area (Å²) in [5.74, 6) is 0.728. The molecule has 0 atom stereocenters. The van der Waals surface area contributed by atoms with E-state index in [9.17, 15) is 4.79 Å². The van der Waals surface area contributed by atoms with Crippen LogP contribution in [0.2, 0.25) is 0 Å². The maximum Gasteiger partial charge on any atom is 0.320 e. The Morgan fingerprint density at radius 3 is 1.83 bits per heavy atom. The van der Waals surface area contributed by atoms with Crippen LogP contribution in [0, 0.1) is 5.92 Å². The molecule has 0 spiro atoms. The van der Waals surface area contributed by atoms with E-state index in [0.717, 1.165) is 31.8 Å². The number of urea groups is 1. The molecular formula is C21H26N2O. The normalized spacial score (nSPS) is 15.3. The van der Waals surface area contributed by atoms with Gasteiger partial charge in [-0.25, -0.2) is 4.79 Å². The molecule has 1 aliphatic heterocycles. The van der Waals surface area contributed by atoms with Crippen LogP contribution in [0.15, 0.2) is 60.7 Å². The van der Waals surface area contributed by atoms with Crippen molar-refractivity contribution in [1.29, 1.82) is 0 Å². The van der Waals surface area contributed by atoms with Crippen LogP contribution in [-0.4, -0.2) is 28.9 Å². The maximum absolute atomic E-state index is 13.1. The highest BCUT2D eigenvalue weighted by Gasteiger charge is 2.25. The Labute approximate surface area is 144 Å². The Morgan fingerprint density at radius 2 is 1.38 bits per heavy atom. The van der Waals surface area contributed by atoms with Crippen molar-refractivity contribution in [1.82, 2.24) is 9.80 Å². The van der Waals surface area contributed by atoms with Crippen molar-refractivity contribution < 1.29 is 4.79 Å². The number of carbonyl (C=O) groups excluding carboxylic acids is 1. The standard InChI is InChI=1S/C21H26N2O/c1-18-12-14-22(15-13-18)21(24)23(16-19-8-4-2-5-9-19)17-20-10-6-3-7-11-20/h2-11,18H,12-17H2,1H3. The molecule has 0 unspecified atom stereocenters. The summed E-state index contributed by atoms with van der Waals surface area (Å²) in [6.45, 7) is 5.33. The molecule has 0 radical (unpaired) electrons. The highest BCUT2D eigenvalue weighted by Crippen LogP contribution is 2.19. The number of rotatable bonds is 4. The number of hydrogen-bond donors (Lipinski definition) is 0. The Bertz CT molecular complexity index is 592. The lowest BCUT2D eigenvalue weighted by molar-refractivity contribution is 0.129. The van der Waals surface area contributed by atoms with Crippen LogP contribution in [0.5, 0.6) is 0 Å². The maximum atomic E-state index is 13.1. The molecule has 0 N–H and O–H groups in total. The second-order valence-electron chi connectivity index (χ2n) is 6.78. The number of nitrogens with zero attached hydrogens (tertiary/aromatic N) is 2. The molecule has 3 nitrogen and oxygen atoms in total. The van der Waals surface area contributed by atoms with E-state index >= 15 is 0 Å². The first kappa shape index (κ1) is 16.6. The zero-order chi connectivity index (χ0) is 16.8. The largest absolute Gasteiger partial charge is 0.325 e. The minimum absolute atomic E-state index is 0.162. The summed E-state index contributed by atoms with van der Waals surface area (Å²) in [4.78, 5) is 17.1. The Morgan fingerprint density at radius 1 is 0.917 bits per heavy atom. The predicted molar refractivity (Wildman–Crippen MR) is 97.5 cm³/mol. The second-order valence-corrected chi connectivity index (χ2v) is 6.78. The number of carbonyl (C=O) groups is 1. The lowest BCUT2D eigenvalue weighted by Gasteiger charge is -2.35. The van der Waals surface area contributed by atoms with Crippen molar-refractivity contribution in [3.05, 3.63) is 71.8 Å². The molecule has 126 valence electrons. The fraction of sp³-hybridized carbons (Fsp3) is 0.381. The zero-order valence-electron chi connectivity index (χ0n) is 14.4. The first-order valence-electron chi connectivity index (χ1n) is 8.84. The molecular weight excluding hydrogens is 296 g/mol. The second kappa shape index (κ2) is 8.00. The Hall–Kier alpha value is -2.29. The summed E-state index contributed by atoms with van der Waals surface area (Å²) < 4.78 is 0. The summed E-state index contributed by atoms with van der Waals surface area (Å²) in [6.07, 6.45) is 2.21. The summed E-state index contributed by atoms with van der Waals surface area (Å²) in [6, 6.07) is 20.7. The van der Waals surface area contributed by atoms with Crippen LogP contribution in [0.3, 0.4) is 0 Å². The van der Waals surface area contributed by atoms with Crippen LogP contribution in [-0.2, 0) is 13.1 Å². The van der Waals surface area contributed by atoms with Gasteiger partial charge < -0.3 is 9.80 Å². The molecule has 24 heavy (non-hydrogen) atoms. The van der Waals surface area contributed by atoms with Gasteiger partial charge >= 0.3 is 6.03 Å². The molecule has 3 rings (SSSR count). The van der Waals surface area contributed by atoms with Gasteiger partial charge in [0.05, 0.1) is 0 Å². The van der Waals surface area contributed by atoms with E-state index in [1.54, 1.807) is 0 Å². The Kier molecular flexibility index (Phi) is 5.52. The lowest BCUT2D eigenvalue weighted by atomic mass is 9.99. The molecule has 0 aromatic heterocycles. The third-order valence-electron chi connectivity index (χ3n) is 4.76. The predicted octanol–water partition coefficient (Wildman–Crippen LogP) is 4.54. The van der Waals surface area contributed by atoms with Gasteiger partial charge in [0.25, 0.3) is 0 Å². The first-order chi connectivity index (χ1) is 11.7. The quantitative estimate of drug-likeness (QED) is 0.810. The minimum Gasteiger partial charge on any atom is -0.325 e. The van der Waals surface area contributed by atoms with E-state index in [0.29, 0.717) is 13.1 Å². The number of hydrogen-bond acceptors (Lipinski definition) is 1. The van der Waals surface area contributed by atoms with Crippen LogP contribution in [0.25, 0.3) is 0 Å². The van der Waals surface area contributed by atoms with Crippen LogP contribution in [0.1, 0.15) is 30.9 Å². The van der Waals surface area contributed by atoms with E-state index in [4.69, 9.17) is 0 Å². The number of piperidine rings is 1. The highest BCUT2D eigenvalue weighted by molar-refractivity contribution is 5.74. The number of amides is 2. The van der Waals surface area contributed by atoms with E-state index in [1.807, 2.05) is 46.2 Å². The van der Waals surface area contributed by atoms with E-state index < -0.39 is 0 Å². The van der Waals surface area contributed by atoms with Gasteiger partial charge in [-0.15, -0.1) is 0 Å². The smallest absolute Gasteiger partial charge is 0.320 e. The van der Waals surface area contributed by atoms with Gasteiger partial charge in [0, 0.05) is 26.2 Å². The molecule has 2 amide bonds. The molecule has 1 heterocycles. The van der Waals surface area contributed by atoms with E-state index in [2.05, 4.69) is 31.2 Å². The fourth-order valence-corrected chi connectivity index (χ4v) is 3.20. The molecule has 0 aliphatic carbocycles. The first-order valence-corrected chi connectivity index (χ1v) is 8.84. The molecule has 2 aromatic carbocycles. The summed E-state index contributed by atoms with van der Waals surface area (Å²) >= 11 is 0. The summed E-state index contributed by atoms with van der Waals surface area (Å²) in [7, 11) is 0. The minimum atomic E-state index is 0.162. The SMILES string of the molecule is CC1CCN(C(=O)N(Cc2ccccc2)Cc2ccccc2)CC1. The van der Waals surface area contributed by atoms with Crippen LogP contribution < -0.4 is 0 Å². The van der Waals surface area contributed by atoms with Crippen molar-refractivity contribution in [2.24, 2.45) is 5.92 Å². The monoisotopic (exact) mass is 322 g/mol. The molecule has 1 saturated heterocycles. The zero-order valence-corrected chi connectivity index (χ0v) is 14.4. The topological polar surface area (TPSA) is 23.6 Å². The average Bonchev–Trinajstić information content (AvgIpc) is 2.63. The fourth-order valence-electron chi connectivity index (χ4n) is 3.20. The van der Waals surface area contributed by atoms with Crippen molar-refractivity contribution >= 4 is 6.03 Å². The van der Waals surface area contributed by atoms with Gasteiger partial charge in [-0.05, 0) is 29.9 Å². The van der Waals surface area contributed by atoms with Crippen molar-refractivity contribution in [2.45, 2.75) is 32.9 Å². The lowest BCUT2D eigenvalue weighted by Crippen LogP contribution is -2.45. The average molecular weight is 322 g/mol.